The molecule has 6 heteroatoms. The van der Waals surface area contributed by atoms with Gasteiger partial charge in [0.15, 0.2) is 5.82 Å². The molecular formula is C13H21N3O3. The molecule has 0 aromatic carbocycles. The minimum absolute atomic E-state index is 0.308. The van der Waals surface area contributed by atoms with Gasteiger partial charge in [-0.3, -0.25) is 0 Å². The van der Waals surface area contributed by atoms with Crippen molar-refractivity contribution in [3.05, 3.63) is 11.7 Å². The van der Waals surface area contributed by atoms with E-state index >= 15 is 0 Å². The molecule has 2 aliphatic rings. The van der Waals surface area contributed by atoms with Crippen molar-refractivity contribution >= 4 is 0 Å². The maximum atomic E-state index is 5.83. The second kappa shape index (κ2) is 6.45. The lowest BCUT2D eigenvalue weighted by Crippen LogP contribution is -2.32. The molecule has 0 bridgehead atoms. The summed E-state index contributed by atoms with van der Waals surface area (Å²) in [5.74, 6) is 1.77. The summed E-state index contributed by atoms with van der Waals surface area (Å²) >= 11 is 0. The molecule has 0 amide bonds. The second-order valence-corrected chi connectivity index (χ2v) is 5.18. The van der Waals surface area contributed by atoms with Gasteiger partial charge in [0.2, 0.25) is 5.89 Å². The number of ether oxygens (including phenoxy) is 2. The lowest BCUT2D eigenvalue weighted by atomic mass is 10.1. The number of piperidine rings is 1. The fourth-order valence-corrected chi connectivity index (χ4v) is 2.55. The van der Waals surface area contributed by atoms with E-state index in [2.05, 4.69) is 15.5 Å². The zero-order valence-electron chi connectivity index (χ0n) is 11.1. The maximum Gasteiger partial charge on any atom is 0.228 e. The minimum Gasteiger partial charge on any atom is -0.381 e. The van der Waals surface area contributed by atoms with Crippen molar-refractivity contribution in [1.82, 2.24) is 15.5 Å². The minimum atomic E-state index is 0.308. The van der Waals surface area contributed by atoms with Gasteiger partial charge >= 0.3 is 0 Å². The molecule has 1 aromatic heterocycles. The molecule has 3 rings (SSSR count). The molecule has 2 aliphatic heterocycles. The Hall–Kier alpha value is -0.980. The van der Waals surface area contributed by atoms with Gasteiger partial charge in [0.25, 0.3) is 0 Å². The van der Waals surface area contributed by atoms with E-state index in [0.29, 0.717) is 37.5 Å². The van der Waals surface area contributed by atoms with Crippen LogP contribution in [0.3, 0.4) is 0 Å². The third kappa shape index (κ3) is 3.52. The number of aromatic nitrogens is 2. The Morgan fingerprint density at radius 1 is 1.26 bits per heavy atom. The lowest BCUT2D eigenvalue weighted by molar-refractivity contribution is 0.0322. The maximum absolute atomic E-state index is 5.83. The molecule has 2 saturated heterocycles. The molecule has 19 heavy (non-hydrogen) atoms. The SMILES string of the molecule is C1CC(OCCc2nc(C3CCOC3)no2)CCN1. The number of hydrogen-bond acceptors (Lipinski definition) is 6. The summed E-state index contributed by atoms with van der Waals surface area (Å²) in [4.78, 5) is 4.42. The van der Waals surface area contributed by atoms with Gasteiger partial charge in [-0.25, -0.2) is 0 Å². The summed E-state index contributed by atoms with van der Waals surface area (Å²) in [5, 5.41) is 7.36. The van der Waals surface area contributed by atoms with E-state index in [0.717, 1.165) is 44.8 Å². The van der Waals surface area contributed by atoms with Crippen LogP contribution < -0.4 is 5.32 Å². The first kappa shape index (κ1) is 13.0. The molecule has 1 unspecified atom stereocenters. The summed E-state index contributed by atoms with van der Waals surface area (Å²) in [6.07, 6.45) is 4.25. The van der Waals surface area contributed by atoms with Crippen LogP contribution >= 0.6 is 0 Å². The van der Waals surface area contributed by atoms with Crippen LogP contribution in [0.5, 0.6) is 0 Å². The van der Waals surface area contributed by atoms with Crippen molar-refractivity contribution in [1.29, 1.82) is 0 Å². The molecule has 0 spiro atoms. The van der Waals surface area contributed by atoms with Gasteiger partial charge in [0.1, 0.15) is 0 Å². The third-order valence-corrected chi connectivity index (χ3v) is 3.73. The Labute approximate surface area is 112 Å². The summed E-state index contributed by atoms with van der Waals surface area (Å²) in [6, 6.07) is 0. The largest absolute Gasteiger partial charge is 0.381 e. The van der Waals surface area contributed by atoms with Crippen LogP contribution in [0.25, 0.3) is 0 Å². The molecule has 3 heterocycles. The molecular weight excluding hydrogens is 246 g/mol. The first-order chi connectivity index (χ1) is 9.42. The van der Waals surface area contributed by atoms with Crippen molar-refractivity contribution in [2.24, 2.45) is 0 Å². The van der Waals surface area contributed by atoms with Crippen molar-refractivity contribution in [3.8, 4) is 0 Å². The lowest BCUT2D eigenvalue weighted by Gasteiger charge is -2.22. The Kier molecular flexibility index (Phi) is 4.42. The highest BCUT2D eigenvalue weighted by Gasteiger charge is 2.23. The van der Waals surface area contributed by atoms with Crippen LogP contribution in [0, 0.1) is 0 Å². The molecule has 0 aliphatic carbocycles. The molecule has 106 valence electrons. The van der Waals surface area contributed by atoms with E-state index in [1.54, 1.807) is 0 Å². The monoisotopic (exact) mass is 267 g/mol. The molecule has 1 N–H and O–H groups in total. The highest BCUT2D eigenvalue weighted by atomic mass is 16.5. The van der Waals surface area contributed by atoms with Crippen LogP contribution in [-0.2, 0) is 15.9 Å². The molecule has 1 aromatic rings. The normalized spacial score (nSPS) is 24.9. The van der Waals surface area contributed by atoms with E-state index in [1.165, 1.54) is 0 Å². The fraction of sp³-hybridized carbons (Fsp3) is 0.846. The number of hydrogen-bond donors (Lipinski definition) is 1. The zero-order chi connectivity index (χ0) is 12.9. The highest BCUT2D eigenvalue weighted by molar-refractivity contribution is 4.97. The van der Waals surface area contributed by atoms with Crippen LogP contribution in [0.1, 0.15) is 36.9 Å². The van der Waals surface area contributed by atoms with Gasteiger partial charge in [0.05, 0.1) is 25.7 Å². The van der Waals surface area contributed by atoms with E-state index < -0.39 is 0 Å². The van der Waals surface area contributed by atoms with E-state index in [4.69, 9.17) is 14.0 Å². The standard InChI is InChI=1S/C13H21N3O3/c1-5-14-6-2-11(1)18-8-4-12-15-13(16-19-12)10-3-7-17-9-10/h10-11,14H,1-9H2. The molecule has 2 fully saturated rings. The van der Waals surface area contributed by atoms with Crippen LogP contribution in [0.2, 0.25) is 0 Å². The van der Waals surface area contributed by atoms with E-state index in [-0.39, 0.29) is 0 Å². The van der Waals surface area contributed by atoms with Gasteiger partial charge in [-0.1, -0.05) is 5.16 Å². The predicted molar refractivity (Wildman–Crippen MR) is 68.0 cm³/mol. The predicted octanol–water partition coefficient (Wildman–Crippen LogP) is 0.885. The first-order valence-electron chi connectivity index (χ1n) is 7.14. The van der Waals surface area contributed by atoms with Gasteiger partial charge in [-0.2, -0.15) is 4.98 Å². The number of nitrogens with one attached hydrogen (secondary N) is 1. The summed E-state index contributed by atoms with van der Waals surface area (Å²) in [6.45, 7) is 4.28. The number of rotatable bonds is 5. The quantitative estimate of drug-likeness (QED) is 0.854. The van der Waals surface area contributed by atoms with Crippen molar-refractivity contribution in [2.75, 3.05) is 32.9 Å². The van der Waals surface area contributed by atoms with Crippen molar-refractivity contribution in [2.45, 2.75) is 37.7 Å². The summed E-state index contributed by atoms with van der Waals surface area (Å²) < 4.78 is 16.4. The molecule has 6 nitrogen and oxygen atoms in total. The average Bonchev–Trinajstić information content (AvgIpc) is 3.10. The first-order valence-corrected chi connectivity index (χ1v) is 7.14. The van der Waals surface area contributed by atoms with E-state index in [9.17, 15) is 0 Å². The Bertz CT molecular complexity index is 384. The third-order valence-electron chi connectivity index (χ3n) is 3.73. The summed E-state index contributed by atoms with van der Waals surface area (Å²) in [7, 11) is 0. The zero-order valence-corrected chi connectivity index (χ0v) is 11.1. The van der Waals surface area contributed by atoms with Gasteiger partial charge in [-0.15, -0.1) is 0 Å². The van der Waals surface area contributed by atoms with Crippen LogP contribution in [0.4, 0.5) is 0 Å². The smallest absolute Gasteiger partial charge is 0.228 e. The topological polar surface area (TPSA) is 69.4 Å². The molecule has 0 saturated carbocycles. The number of nitrogens with zero attached hydrogens (tertiary/aromatic N) is 2. The van der Waals surface area contributed by atoms with Gasteiger partial charge in [-0.05, 0) is 32.4 Å². The van der Waals surface area contributed by atoms with E-state index in [1.807, 2.05) is 0 Å². The second-order valence-electron chi connectivity index (χ2n) is 5.18. The highest BCUT2D eigenvalue weighted by Crippen LogP contribution is 2.22. The van der Waals surface area contributed by atoms with Crippen molar-refractivity contribution in [3.63, 3.8) is 0 Å². The summed E-state index contributed by atoms with van der Waals surface area (Å²) in [5.41, 5.74) is 0. The van der Waals surface area contributed by atoms with Gasteiger partial charge in [0, 0.05) is 12.5 Å². The van der Waals surface area contributed by atoms with Crippen LogP contribution in [0.15, 0.2) is 4.52 Å². The van der Waals surface area contributed by atoms with Gasteiger partial charge < -0.3 is 19.3 Å². The van der Waals surface area contributed by atoms with Crippen LogP contribution in [-0.4, -0.2) is 49.2 Å². The molecule has 0 radical (unpaired) electrons. The molecule has 1 atom stereocenters. The van der Waals surface area contributed by atoms with Crippen molar-refractivity contribution < 1.29 is 14.0 Å². The fourth-order valence-electron chi connectivity index (χ4n) is 2.55. The Morgan fingerprint density at radius 2 is 2.16 bits per heavy atom. The Balaban J connectivity index is 1.42. The Morgan fingerprint density at radius 3 is 2.95 bits per heavy atom. The average molecular weight is 267 g/mol.